The van der Waals surface area contributed by atoms with E-state index >= 15 is 0 Å². The third kappa shape index (κ3) is 3.71. The standard InChI is InChI=1S/C13H16FNO2S/c14-10-1-3-11(4-2-10)18-8-5-12(17)15-13(9-16)6-7-13/h1-4,16H,5-9H2,(H,15,17). The van der Waals surface area contributed by atoms with Crippen LogP contribution >= 0.6 is 11.8 Å². The highest BCUT2D eigenvalue weighted by molar-refractivity contribution is 7.99. The molecule has 1 aliphatic rings. The lowest BCUT2D eigenvalue weighted by Gasteiger charge is -2.13. The van der Waals surface area contributed by atoms with Gasteiger partial charge in [0, 0.05) is 17.1 Å². The molecular weight excluding hydrogens is 253 g/mol. The highest BCUT2D eigenvalue weighted by Gasteiger charge is 2.43. The second-order valence-electron chi connectivity index (χ2n) is 4.54. The highest BCUT2D eigenvalue weighted by Crippen LogP contribution is 2.34. The van der Waals surface area contributed by atoms with Crippen LogP contribution in [0.15, 0.2) is 29.2 Å². The van der Waals surface area contributed by atoms with Gasteiger partial charge in [-0.1, -0.05) is 0 Å². The Hall–Kier alpha value is -1.07. The van der Waals surface area contributed by atoms with Gasteiger partial charge in [0.25, 0.3) is 0 Å². The van der Waals surface area contributed by atoms with Gasteiger partial charge in [-0.25, -0.2) is 4.39 Å². The number of halogens is 1. The van der Waals surface area contributed by atoms with Gasteiger partial charge in [0.2, 0.25) is 5.91 Å². The summed E-state index contributed by atoms with van der Waals surface area (Å²) in [6.07, 6.45) is 2.13. The van der Waals surface area contributed by atoms with Gasteiger partial charge in [0.15, 0.2) is 0 Å². The Morgan fingerprint density at radius 3 is 2.61 bits per heavy atom. The summed E-state index contributed by atoms with van der Waals surface area (Å²) in [4.78, 5) is 12.6. The SMILES string of the molecule is O=C(CCSc1ccc(F)cc1)NC1(CO)CC1. The molecule has 0 saturated heterocycles. The smallest absolute Gasteiger partial charge is 0.221 e. The lowest BCUT2D eigenvalue weighted by Crippen LogP contribution is -2.39. The summed E-state index contributed by atoms with van der Waals surface area (Å²) in [5, 5.41) is 11.9. The Morgan fingerprint density at radius 1 is 1.39 bits per heavy atom. The van der Waals surface area contributed by atoms with Gasteiger partial charge in [0.1, 0.15) is 5.82 Å². The van der Waals surface area contributed by atoms with E-state index in [0.717, 1.165) is 17.7 Å². The molecule has 1 amide bonds. The Kier molecular flexibility index (Phi) is 4.24. The Bertz CT molecular complexity index is 418. The quantitative estimate of drug-likeness (QED) is 0.776. The number of hydrogen-bond acceptors (Lipinski definition) is 3. The minimum Gasteiger partial charge on any atom is -0.394 e. The molecule has 1 aromatic carbocycles. The summed E-state index contributed by atoms with van der Waals surface area (Å²) in [7, 11) is 0. The Labute approximate surface area is 110 Å². The number of amides is 1. The van der Waals surface area contributed by atoms with E-state index in [1.165, 1.54) is 23.9 Å². The topological polar surface area (TPSA) is 49.3 Å². The molecule has 2 rings (SSSR count). The van der Waals surface area contributed by atoms with Crippen LogP contribution in [0.4, 0.5) is 4.39 Å². The van der Waals surface area contributed by atoms with E-state index in [1.54, 1.807) is 12.1 Å². The van der Waals surface area contributed by atoms with Gasteiger partial charge in [-0.3, -0.25) is 4.79 Å². The van der Waals surface area contributed by atoms with Crippen LogP contribution in [0.2, 0.25) is 0 Å². The fourth-order valence-corrected chi connectivity index (χ4v) is 2.48. The Balaban J connectivity index is 1.69. The Morgan fingerprint density at radius 2 is 2.06 bits per heavy atom. The second kappa shape index (κ2) is 5.71. The van der Waals surface area contributed by atoms with Crippen molar-refractivity contribution in [3.63, 3.8) is 0 Å². The molecule has 1 fully saturated rings. The first-order valence-corrected chi connectivity index (χ1v) is 6.92. The van der Waals surface area contributed by atoms with Crippen molar-refractivity contribution < 1.29 is 14.3 Å². The lowest BCUT2D eigenvalue weighted by atomic mass is 10.3. The predicted molar refractivity (Wildman–Crippen MR) is 68.9 cm³/mol. The molecule has 0 radical (unpaired) electrons. The van der Waals surface area contributed by atoms with E-state index in [1.807, 2.05) is 0 Å². The first-order valence-electron chi connectivity index (χ1n) is 5.94. The summed E-state index contributed by atoms with van der Waals surface area (Å²) >= 11 is 1.52. The van der Waals surface area contributed by atoms with E-state index < -0.39 is 0 Å². The molecule has 1 saturated carbocycles. The molecule has 98 valence electrons. The number of rotatable bonds is 6. The number of nitrogens with one attached hydrogen (secondary N) is 1. The summed E-state index contributed by atoms with van der Waals surface area (Å²) < 4.78 is 12.7. The van der Waals surface area contributed by atoms with Gasteiger partial charge >= 0.3 is 0 Å². The molecule has 0 aliphatic heterocycles. The number of aliphatic hydroxyl groups excluding tert-OH is 1. The number of benzene rings is 1. The maximum absolute atomic E-state index is 12.7. The van der Waals surface area contributed by atoms with Gasteiger partial charge in [-0.2, -0.15) is 0 Å². The van der Waals surface area contributed by atoms with Gasteiger partial charge in [-0.05, 0) is 37.1 Å². The van der Waals surface area contributed by atoms with Gasteiger partial charge in [-0.15, -0.1) is 11.8 Å². The summed E-state index contributed by atoms with van der Waals surface area (Å²) in [6, 6.07) is 6.22. The summed E-state index contributed by atoms with van der Waals surface area (Å²) in [5.74, 6) is 0.366. The molecule has 2 N–H and O–H groups in total. The van der Waals surface area contributed by atoms with Crippen molar-refractivity contribution in [1.29, 1.82) is 0 Å². The van der Waals surface area contributed by atoms with Crippen molar-refractivity contribution in [2.75, 3.05) is 12.4 Å². The minimum atomic E-state index is -0.336. The average Bonchev–Trinajstić information content (AvgIpc) is 3.12. The van der Waals surface area contributed by atoms with Crippen LogP contribution < -0.4 is 5.32 Å². The molecule has 5 heteroatoms. The van der Waals surface area contributed by atoms with Crippen LogP contribution in [-0.4, -0.2) is 28.9 Å². The van der Waals surface area contributed by atoms with Gasteiger partial charge < -0.3 is 10.4 Å². The molecule has 1 aromatic rings. The maximum atomic E-state index is 12.7. The zero-order chi connectivity index (χ0) is 13.0. The second-order valence-corrected chi connectivity index (χ2v) is 5.71. The van der Waals surface area contributed by atoms with Crippen molar-refractivity contribution in [3.8, 4) is 0 Å². The summed E-state index contributed by atoms with van der Waals surface area (Å²) in [5.41, 5.74) is -0.336. The molecule has 3 nitrogen and oxygen atoms in total. The number of carbonyl (C=O) groups excluding carboxylic acids is 1. The van der Waals surface area contributed by atoms with Crippen LogP contribution in [0.25, 0.3) is 0 Å². The van der Waals surface area contributed by atoms with Crippen LogP contribution in [0.3, 0.4) is 0 Å². The van der Waals surface area contributed by atoms with Gasteiger partial charge in [0.05, 0.1) is 12.1 Å². The van der Waals surface area contributed by atoms with Crippen LogP contribution in [0.1, 0.15) is 19.3 Å². The molecule has 0 spiro atoms. The number of carbonyl (C=O) groups is 1. The molecule has 18 heavy (non-hydrogen) atoms. The third-order valence-corrected chi connectivity index (χ3v) is 3.99. The molecule has 0 heterocycles. The van der Waals surface area contributed by atoms with Crippen molar-refractivity contribution in [1.82, 2.24) is 5.32 Å². The van der Waals surface area contributed by atoms with E-state index in [4.69, 9.17) is 5.11 Å². The lowest BCUT2D eigenvalue weighted by molar-refractivity contribution is -0.122. The zero-order valence-electron chi connectivity index (χ0n) is 9.99. The average molecular weight is 269 g/mol. The van der Waals surface area contributed by atoms with Crippen molar-refractivity contribution in [2.24, 2.45) is 0 Å². The van der Waals surface area contributed by atoms with E-state index in [2.05, 4.69) is 5.32 Å². The maximum Gasteiger partial charge on any atom is 0.221 e. The monoisotopic (exact) mass is 269 g/mol. The van der Waals surface area contributed by atoms with E-state index in [0.29, 0.717) is 12.2 Å². The fourth-order valence-electron chi connectivity index (χ4n) is 1.62. The fraction of sp³-hybridized carbons (Fsp3) is 0.462. The van der Waals surface area contributed by atoms with Crippen molar-refractivity contribution >= 4 is 17.7 Å². The van der Waals surface area contributed by atoms with E-state index in [-0.39, 0.29) is 23.9 Å². The normalized spacial score (nSPS) is 16.3. The molecular formula is C13H16FNO2S. The third-order valence-electron chi connectivity index (χ3n) is 2.97. The first kappa shape index (κ1) is 13.4. The molecule has 0 unspecified atom stereocenters. The number of hydrogen-bond donors (Lipinski definition) is 2. The first-order chi connectivity index (χ1) is 8.63. The highest BCUT2D eigenvalue weighted by atomic mass is 32.2. The number of aliphatic hydroxyl groups is 1. The molecule has 0 atom stereocenters. The van der Waals surface area contributed by atoms with Crippen LogP contribution in [-0.2, 0) is 4.79 Å². The molecule has 0 aromatic heterocycles. The van der Waals surface area contributed by atoms with Crippen molar-refractivity contribution in [3.05, 3.63) is 30.1 Å². The molecule has 1 aliphatic carbocycles. The number of thioether (sulfide) groups is 1. The molecule has 0 bridgehead atoms. The predicted octanol–water partition coefficient (Wildman–Crippen LogP) is 1.95. The zero-order valence-corrected chi connectivity index (χ0v) is 10.8. The van der Waals surface area contributed by atoms with Crippen molar-refractivity contribution in [2.45, 2.75) is 29.7 Å². The largest absolute Gasteiger partial charge is 0.394 e. The minimum absolute atomic E-state index is 0.0177. The van der Waals surface area contributed by atoms with Crippen LogP contribution in [0.5, 0.6) is 0 Å². The van der Waals surface area contributed by atoms with Crippen LogP contribution in [0, 0.1) is 5.82 Å². The van der Waals surface area contributed by atoms with E-state index in [9.17, 15) is 9.18 Å². The summed E-state index contributed by atoms with van der Waals surface area (Å²) in [6.45, 7) is 0.0177.